The molecule has 7 nitrogen and oxygen atoms in total. The van der Waals surface area contributed by atoms with Crippen LogP contribution in [0.4, 0.5) is 4.39 Å². The molecule has 2 heterocycles. The van der Waals surface area contributed by atoms with Gasteiger partial charge < -0.3 is 9.64 Å². The summed E-state index contributed by atoms with van der Waals surface area (Å²) >= 11 is 7.15. The molecule has 0 unspecified atom stereocenters. The van der Waals surface area contributed by atoms with Crippen molar-refractivity contribution in [1.29, 1.82) is 0 Å². The van der Waals surface area contributed by atoms with Crippen LogP contribution < -0.4 is 0 Å². The van der Waals surface area contributed by atoms with Gasteiger partial charge >= 0.3 is 5.97 Å². The van der Waals surface area contributed by atoms with Crippen molar-refractivity contribution in [2.24, 2.45) is 0 Å². The first-order chi connectivity index (χ1) is 13.5. The van der Waals surface area contributed by atoms with Crippen molar-refractivity contribution < 1.29 is 18.7 Å². The zero-order chi connectivity index (χ0) is 20.1. The number of carbonyl (C=O) groups excluding carboxylic acids is 2. The largest absolute Gasteiger partial charge is 0.451 e. The van der Waals surface area contributed by atoms with Crippen molar-refractivity contribution in [2.45, 2.75) is 6.54 Å². The second kappa shape index (κ2) is 8.85. The summed E-state index contributed by atoms with van der Waals surface area (Å²) in [4.78, 5) is 37.7. The SMILES string of the molecule is CN(Cc1c(F)cccc1Cl)C(=O)COC(=O)c1csc(-c2ncccn2)n1. The Labute approximate surface area is 168 Å². The van der Waals surface area contributed by atoms with Crippen LogP contribution in [0.5, 0.6) is 0 Å². The summed E-state index contributed by atoms with van der Waals surface area (Å²) in [7, 11) is 1.46. The van der Waals surface area contributed by atoms with Crippen molar-refractivity contribution in [3.8, 4) is 10.8 Å². The fraction of sp³-hybridized carbons (Fsp3) is 0.167. The number of hydrogen-bond acceptors (Lipinski definition) is 7. The van der Waals surface area contributed by atoms with Crippen LogP contribution in [0.15, 0.2) is 42.0 Å². The fourth-order valence-corrected chi connectivity index (χ4v) is 3.16. The Hall–Kier alpha value is -2.91. The lowest BCUT2D eigenvalue weighted by Gasteiger charge is -2.18. The molecule has 10 heteroatoms. The smallest absolute Gasteiger partial charge is 0.358 e. The molecule has 3 aromatic rings. The van der Waals surface area contributed by atoms with Gasteiger partial charge in [-0.25, -0.2) is 24.1 Å². The van der Waals surface area contributed by atoms with Gasteiger partial charge in [-0.1, -0.05) is 17.7 Å². The molecule has 0 saturated heterocycles. The number of benzene rings is 1. The molecule has 0 spiro atoms. The maximum Gasteiger partial charge on any atom is 0.358 e. The van der Waals surface area contributed by atoms with Crippen LogP contribution in [0.25, 0.3) is 10.8 Å². The topological polar surface area (TPSA) is 85.3 Å². The van der Waals surface area contributed by atoms with Crippen LogP contribution >= 0.6 is 22.9 Å². The number of amides is 1. The Morgan fingerprint density at radius 1 is 1.25 bits per heavy atom. The third-order valence-electron chi connectivity index (χ3n) is 3.68. The quantitative estimate of drug-likeness (QED) is 0.569. The minimum absolute atomic E-state index is 0.0475. The Morgan fingerprint density at radius 3 is 2.71 bits per heavy atom. The predicted molar refractivity (Wildman–Crippen MR) is 101 cm³/mol. The molecule has 0 saturated carbocycles. The first kappa shape index (κ1) is 19.8. The number of carbonyl (C=O) groups is 2. The van der Waals surface area contributed by atoms with Gasteiger partial charge in [0.1, 0.15) is 5.82 Å². The van der Waals surface area contributed by atoms with Crippen molar-refractivity contribution in [1.82, 2.24) is 19.9 Å². The van der Waals surface area contributed by atoms with Gasteiger partial charge in [0.05, 0.1) is 0 Å². The zero-order valence-electron chi connectivity index (χ0n) is 14.6. The van der Waals surface area contributed by atoms with Crippen molar-refractivity contribution in [3.05, 3.63) is 64.1 Å². The second-order valence-electron chi connectivity index (χ2n) is 5.64. The first-order valence-corrected chi connectivity index (χ1v) is 9.28. The minimum atomic E-state index is -0.746. The van der Waals surface area contributed by atoms with E-state index in [1.807, 2.05) is 0 Å². The van der Waals surface area contributed by atoms with E-state index in [0.29, 0.717) is 10.8 Å². The highest BCUT2D eigenvalue weighted by atomic mass is 35.5. The molecule has 3 rings (SSSR count). The van der Waals surface area contributed by atoms with Crippen LogP contribution in [0, 0.1) is 5.82 Å². The summed E-state index contributed by atoms with van der Waals surface area (Å²) in [5.74, 6) is -1.37. The molecule has 1 aromatic carbocycles. The number of ether oxygens (including phenoxy) is 1. The standard InChI is InChI=1S/C18H14ClFN4O3S/c1-24(8-11-12(19)4-2-5-13(11)20)15(25)9-27-18(26)14-10-28-17(23-14)16-21-6-3-7-22-16/h2-7,10H,8-9H2,1H3. The van der Waals surface area contributed by atoms with Crippen molar-refractivity contribution in [3.63, 3.8) is 0 Å². The maximum absolute atomic E-state index is 13.8. The molecular weight excluding hydrogens is 407 g/mol. The summed E-state index contributed by atoms with van der Waals surface area (Å²) in [6.07, 6.45) is 3.14. The highest BCUT2D eigenvalue weighted by Crippen LogP contribution is 2.21. The van der Waals surface area contributed by atoms with E-state index in [0.717, 1.165) is 0 Å². The summed E-state index contributed by atoms with van der Waals surface area (Å²) in [5.41, 5.74) is 0.249. The average Bonchev–Trinajstić information content (AvgIpc) is 3.19. The van der Waals surface area contributed by atoms with Crippen molar-refractivity contribution in [2.75, 3.05) is 13.7 Å². The number of thiazole rings is 1. The number of rotatable bonds is 6. The number of esters is 1. The number of hydrogen-bond donors (Lipinski definition) is 0. The van der Waals surface area contributed by atoms with E-state index >= 15 is 0 Å². The molecule has 0 aliphatic heterocycles. The summed E-state index contributed by atoms with van der Waals surface area (Å²) < 4.78 is 18.8. The van der Waals surface area contributed by atoms with E-state index in [4.69, 9.17) is 16.3 Å². The summed E-state index contributed by atoms with van der Waals surface area (Å²) in [6, 6.07) is 5.95. The van der Waals surface area contributed by atoms with Crippen LogP contribution in [0.1, 0.15) is 16.1 Å². The number of aromatic nitrogens is 3. The number of likely N-dealkylation sites (N-methyl/N-ethyl adjacent to an activating group) is 1. The molecule has 0 aliphatic rings. The van der Waals surface area contributed by atoms with E-state index in [2.05, 4.69) is 15.0 Å². The van der Waals surface area contributed by atoms with Crippen LogP contribution in [0.3, 0.4) is 0 Å². The van der Waals surface area contributed by atoms with Crippen LogP contribution in [-0.4, -0.2) is 45.4 Å². The lowest BCUT2D eigenvalue weighted by molar-refractivity contribution is -0.133. The lowest BCUT2D eigenvalue weighted by atomic mass is 10.2. The van der Waals surface area contributed by atoms with Gasteiger partial charge in [-0.15, -0.1) is 11.3 Å². The van der Waals surface area contributed by atoms with Gasteiger partial charge in [0.15, 0.2) is 23.1 Å². The highest BCUT2D eigenvalue weighted by Gasteiger charge is 2.19. The molecular formula is C18H14ClFN4O3S. The number of halogens is 2. The Morgan fingerprint density at radius 2 is 2.00 bits per heavy atom. The molecule has 0 N–H and O–H groups in total. The number of nitrogens with zero attached hydrogens (tertiary/aromatic N) is 4. The monoisotopic (exact) mass is 420 g/mol. The first-order valence-electron chi connectivity index (χ1n) is 8.02. The van der Waals surface area contributed by atoms with E-state index in [-0.39, 0.29) is 22.8 Å². The average molecular weight is 421 g/mol. The van der Waals surface area contributed by atoms with E-state index < -0.39 is 24.3 Å². The van der Waals surface area contributed by atoms with Gasteiger partial charge in [0.2, 0.25) is 0 Å². The van der Waals surface area contributed by atoms with Gasteiger partial charge in [-0.05, 0) is 18.2 Å². The Kier molecular flexibility index (Phi) is 6.27. The maximum atomic E-state index is 13.8. The minimum Gasteiger partial charge on any atom is -0.451 e. The third kappa shape index (κ3) is 4.68. The summed E-state index contributed by atoms with van der Waals surface area (Å²) in [6.45, 7) is -0.551. The second-order valence-corrected chi connectivity index (χ2v) is 6.90. The van der Waals surface area contributed by atoms with E-state index in [9.17, 15) is 14.0 Å². The molecule has 1 amide bonds. The van der Waals surface area contributed by atoms with Crippen LogP contribution in [-0.2, 0) is 16.1 Å². The van der Waals surface area contributed by atoms with Gasteiger partial charge in [0, 0.05) is 42.0 Å². The predicted octanol–water partition coefficient (Wildman–Crippen LogP) is 3.21. The normalized spacial score (nSPS) is 10.5. The zero-order valence-corrected chi connectivity index (χ0v) is 16.2. The van der Waals surface area contributed by atoms with Gasteiger partial charge in [-0.2, -0.15) is 0 Å². The fourth-order valence-electron chi connectivity index (χ4n) is 2.20. The molecule has 28 heavy (non-hydrogen) atoms. The highest BCUT2D eigenvalue weighted by molar-refractivity contribution is 7.13. The van der Waals surface area contributed by atoms with Gasteiger partial charge in [0.25, 0.3) is 5.91 Å². The van der Waals surface area contributed by atoms with Crippen molar-refractivity contribution >= 4 is 34.8 Å². The van der Waals surface area contributed by atoms with Gasteiger partial charge in [-0.3, -0.25) is 4.79 Å². The Balaban J connectivity index is 1.57. The summed E-state index contributed by atoms with van der Waals surface area (Å²) in [5, 5.41) is 2.18. The molecule has 0 aliphatic carbocycles. The molecule has 0 bridgehead atoms. The molecule has 144 valence electrons. The van der Waals surface area contributed by atoms with Crippen LogP contribution in [0.2, 0.25) is 5.02 Å². The lowest BCUT2D eigenvalue weighted by Crippen LogP contribution is -2.31. The van der Waals surface area contributed by atoms with E-state index in [1.165, 1.54) is 46.9 Å². The molecule has 0 radical (unpaired) electrons. The molecule has 0 fully saturated rings. The third-order valence-corrected chi connectivity index (χ3v) is 4.87. The molecule has 2 aromatic heterocycles. The van der Waals surface area contributed by atoms with E-state index in [1.54, 1.807) is 18.5 Å². The Bertz CT molecular complexity index is 979. The molecule has 0 atom stereocenters.